The van der Waals surface area contributed by atoms with E-state index in [0.29, 0.717) is 24.1 Å². The topological polar surface area (TPSA) is 26.3 Å². The highest BCUT2D eigenvalue weighted by atomic mass is 16.5. The van der Waals surface area contributed by atoms with Crippen molar-refractivity contribution in [2.75, 3.05) is 0 Å². The van der Waals surface area contributed by atoms with Crippen molar-refractivity contribution in [2.24, 2.45) is 0 Å². The van der Waals surface area contributed by atoms with Crippen molar-refractivity contribution in [1.29, 1.82) is 0 Å². The molecule has 1 aliphatic heterocycles. The van der Waals surface area contributed by atoms with E-state index in [4.69, 9.17) is 12.6 Å². The number of para-hydroxylation sites is 1. The number of ketones is 1. The molecule has 2 radical (unpaired) electrons. The van der Waals surface area contributed by atoms with Crippen molar-refractivity contribution in [1.82, 2.24) is 0 Å². The third kappa shape index (κ3) is 2.28. The van der Waals surface area contributed by atoms with Gasteiger partial charge in [-0.1, -0.05) is 48.3 Å². The average molecular weight is 248 g/mol. The Morgan fingerprint density at radius 1 is 1.11 bits per heavy atom. The predicted octanol–water partition coefficient (Wildman–Crippen LogP) is 3.06. The molecule has 2 aromatic rings. The lowest BCUT2D eigenvalue weighted by Crippen LogP contribution is -2.20. The molecular weight excluding hydrogens is 235 g/mol. The van der Waals surface area contributed by atoms with E-state index in [2.05, 4.69) is 0 Å². The molecule has 0 spiro atoms. The number of carbonyl (C=O) groups excluding carboxylic acids is 1. The maximum absolute atomic E-state index is 12.1. The van der Waals surface area contributed by atoms with E-state index in [0.717, 1.165) is 11.1 Å². The molecule has 0 aromatic heterocycles. The van der Waals surface area contributed by atoms with Gasteiger partial charge in [0.05, 0.1) is 19.8 Å². The second kappa shape index (κ2) is 4.92. The summed E-state index contributed by atoms with van der Waals surface area (Å²) in [5, 5.41) is 0. The fourth-order valence-electron chi connectivity index (χ4n) is 2.33. The molecule has 0 aliphatic carbocycles. The summed E-state index contributed by atoms with van der Waals surface area (Å²) < 4.78 is 5.91. The zero-order chi connectivity index (χ0) is 13.2. The Balaban J connectivity index is 1.90. The number of hydrogen-bond donors (Lipinski definition) is 0. The van der Waals surface area contributed by atoms with Crippen LogP contribution in [-0.2, 0) is 6.32 Å². The van der Waals surface area contributed by atoms with Crippen molar-refractivity contribution in [3.8, 4) is 5.75 Å². The van der Waals surface area contributed by atoms with Crippen LogP contribution in [0.3, 0.4) is 0 Å². The first-order valence-corrected chi connectivity index (χ1v) is 6.35. The molecule has 0 fully saturated rings. The molecule has 0 saturated heterocycles. The fourth-order valence-corrected chi connectivity index (χ4v) is 2.33. The maximum atomic E-state index is 12.1. The van der Waals surface area contributed by atoms with Crippen LogP contribution < -0.4 is 4.74 Å². The van der Waals surface area contributed by atoms with Crippen molar-refractivity contribution in [3.05, 3.63) is 65.2 Å². The van der Waals surface area contributed by atoms with Gasteiger partial charge in [0, 0.05) is 0 Å². The number of rotatable bonds is 2. The standard InChI is InChI=1S/C16H13BO2/c17-10-11-5-7-12(8-6-11)16-9-14(18)13-3-1-2-4-15(13)19-16/h1-8,16H,9-10H2. The number of benzene rings is 2. The summed E-state index contributed by atoms with van der Waals surface area (Å²) in [5.41, 5.74) is 2.77. The van der Waals surface area contributed by atoms with Crippen LogP contribution in [0.25, 0.3) is 0 Å². The third-order valence-corrected chi connectivity index (χ3v) is 3.41. The zero-order valence-corrected chi connectivity index (χ0v) is 10.5. The smallest absolute Gasteiger partial charge is 0.170 e. The SMILES string of the molecule is [B]Cc1ccc(C2CC(=O)c3ccccc3O2)cc1. The molecule has 1 atom stereocenters. The highest BCUT2D eigenvalue weighted by Gasteiger charge is 2.26. The van der Waals surface area contributed by atoms with Gasteiger partial charge in [0.15, 0.2) is 5.78 Å². The summed E-state index contributed by atoms with van der Waals surface area (Å²) in [6.07, 6.45) is 0.709. The summed E-state index contributed by atoms with van der Waals surface area (Å²) in [7, 11) is 5.58. The summed E-state index contributed by atoms with van der Waals surface area (Å²) in [6, 6.07) is 15.3. The molecular formula is C16H13BO2. The molecule has 2 aromatic carbocycles. The Hall–Kier alpha value is -2.03. The largest absolute Gasteiger partial charge is 0.484 e. The van der Waals surface area contributed by atoms with Gasteiger partial charge in [-0.3, -0.25) is 4.79 Å². The Labute approximate surface area is 113 Å². The molecule has 0 N–H and O–H groups in total. The molecule has 0 saturated carbocycles. The second-order valence-electron chi connectivity index (χ2n) is 4.68. The molecule has 0 bridgehead atoms. The van der Waals surface area contributed by atoms with Crippen molar-refractivity contribution < 1.29 is 9.53 Å². The summed E-state index contributed by atoms with van der Waals surface area (Å²) >= 11 is 0. The molecule has 1 heterocycles. The fraction of sp³-hybridized carbons (Fsp3) is 0.188. The molecule has 19 heavy (non-hydrogen) atoms. The lowest BCUT2D eigenvalue weighted by Gasteiger charge is -2.25. The van der Waals surface area contributed by atoms with Crippen LogP contribution in [0.5, 0.6) is 5.75 Å². The van der Waals surface area contributed by atoms with Crippen molar-refractivity contribution in [2.45, 2.75) is 18.8 Å². The summed E-state index contributed by atoms with van der Waals surface area (Å²) in [5.74, 6) is 0.807. The molecule has 1 aliphatic rings. The minimum Gasteiger partial charge on any atom is -0.484 e. The molecule has 92 valence electrons. The predicted molar refractivity (Wildman–Crippen MR) is 74.7 cm³/mol. The van der Waals surface area contributed by atoms with Gasteiger partial charge in [-0.2, -0.15) is 0 Å². The first kappa shape index (κ1) is 12.0. The number of hydrogen-bond acceptors (Lipinski definition) is 2. The molecule has 0 amide bonds. The summed E-state index contributed by atoms with van der Waals surface area (Å²) in [4.78, 5) is 12.1. The number of ether oxygens (including phenoxy) is 1. The number of Topliss-reactive ketones (excluding diaryl/α,β-unsaturated/α-hetero) is 1. The van der Waals surface area contributed by atoms with E-state index in [9.17, 15) is 4.79 Å². The van der Waals surface area contributed by atoms with E-state index in [1.807, 2.05) is 48.5 Å². The second-order valence-corrected chi connectivity index (χ2v) is 4.68. The molecule has 1 unspecified atom stereocenters. The van der Waals surface area contributed by atoms with Crippen LogP contribution in [0.2, 0.25) is 0 Å². The molecule has 2 nitrogen and oxygen atoms in total. The van der Waals surface area contributed by atoms with E-state index in [-0.39, 0.29) is 11.9 Å². The van der Waals surface area contributed by atoms with Gasteiger partial charge in [-0.15, -0.1) is 0 Å². The van der Waals surface area contributed by atoms with Crippen LogP contribution in [0, 0.1) is 0 Å². The van der Waals surface area contributed by atoms with Crippen molar-refractivity contribution in [3.63, 3.8) is 0 Å². The minimum absolute atomic E-state index is 0.134. The Kier molecular flexibility index (Phi) is 3.12. The molecule has 3 heteroatoms. The minimum atomic E-state index is -0.200. The normalized spacial score (nSPS) is 17.7. The van der Waals surface area contributed by atoms with Gasteiger partial charge < -0.3 is 4.74 Å². The summed E-state index contributed by atoms with van der Waals surface area (Å²) in [6.45, 7) is 0. The van der Waals surface area contributed by atoms with Gasteiger partial charge in [0.25, 0.3) is 0 Å². The van der Waals surface area contributed by atoms with Crippen LogP contribution in [0.1, 0.15) is 34.0 Å². The first-order chi connectivity index (χ1) is 9.28. The first-order valence-electron chi connectivity index (χ1n) is 6.35. The Morgan fingerprint density at radius 2 is 1.84 bits per heavy atom. The molecule has 3 rings (SSSR count). The van der Waals surface area contributed by atoms with E-state index >= 15 is 0 Å². The zero-order valence-electron chi connectivity index (χ0n) is 10.5. The number of fused-ring (bicyclic) bond motifs is 1. The highest BCUT2D eigenvalue weighted by Crippen LogP contribution is 2.34. The third-order valence-electron chi connectivity index (χ3n) is 3.41. The van der Waals surface area contributed by atoms with Gasteiger partial charge in [-0.25, -0.2) is 0 Å². The van der Waals surface area contributed by atoms with Gasteiger partial charge in [-0.05, 0) is 17.7 Å². The van der Waals surface area contributed by atoms with E-state index in [1.165, 1.54) is 0 Å². The van der Waals surface area contributed by atoms with Gasteiger partial charge >= 0.3 is 0 Å². The Bertz CT molecular complexity index is 604. The van der Waals surface area contributed by atoms with Crippen LogP contribution >= 0.6 is 0 Å². The Morgan fingerprint density at radius 3 is 2.58 bits per heavy atom. The monoisotopic (exact) mass is 248 g/mol. The van der Waals surface area contributed by atoms with E-state index < -0.39 is 0 Å². The lowest BCUT2D eigenvalue weighted by atomic mass is 9.93. The van der Waals surface area contributed by atoms with Crippen LogP contribution in [-0.4, -0.2) is 13.6 Å². The van der Waals surface area contributed by atoms with Crippen LogP contribution in [0.4, 0.5) is 0 Å². The van der Waals surface area contributed by atoms with Gasteiger partial charge in [0.2, 0.25) is 0 Å². The quantitative estimate of drug-likeness (QED) is 0.763. The van der Waals surface area contributed by atoms with E-state index in [1.54, 1.807) is 0 Å². The van der Waals surface area contributed by atoms with Crippen LogP contribution in [0.15, 0.2) is 48.5 Å². The van der Waals surface area contributed by atoms with Gasteiger partial charge in [0.1, 0.15) is 11.9 Å². The highest BCUT2D eigenvalue weighted by molar-refractivity contribution is 6.08. The average Bonchev–Trinajstić information content (AvgIpc) is 2.47. The lowest BCUT2D eigenvalue weighted by molar-refractivity contribution is 0.0850. The van der Waals surface area contributed by atoms with Crippen molar-refractivity contribution >= 4 is 13.6 Å². The maximum Gasteiger partial charge on any atom is 0.170 e. The number of carbonyl (C=O) groups is 1.